The maximum absolute atomic E-state index is 10.1. The monoisotopic (exact) mass is 250 g/mol. The van der Waals surface area contributed by atoms with Crippen LogP contribution in [0.4, 0.5) is 0 Å². The Balaban J connectivity index is 1.79. The number of ether oxygens (including phenoxy) is 2. The van der Waals surface area contributed by atoms with E-state index in [9.17, 15) is 5.11 Å². The van der Waals surface area contributed by atoms with Gasteiger partial charge in [-0.25, -0.2) is 10.1 Å². The lowest BCUT2D eigenvalue weighted by atomic mass is 10.0. The Labute approximate surface area is 104 Å². The molecule has 2 N–H and O–H groups in total. The van der Waals surface area contributed by atoms with Crippen LogP contribution in [0.1, 0.15) is 18.1 Å². The summed E-state index contributed by atoms with van der Waals surface area (Å²) in [4.78, 5) is 4.10. The van der Waals surface area contributed by atoms with Crippen LogP contribution in [0.25, 0.3) is 0 Å². The summed E-state index contributed by atoms with van der Waals surface area (Å²) in [5, 5.41) is 18.6. The molecule has 0 bridgehead atoms. The second-order valence-electron chi connectivity index (χ2n) is 4.48. The summed E-state index contributed by atoms with van der Waals surface area (Å²) in [6, 6.07) is 9.47. The van der Waals surface area contributed by atoms with Crippen molar-refractivity contribution >= 4 is 0 Å². The zero-order valence-electron chi connectivity index (χ0n) is 9.60. The van der Waals surface area contributed by atoms with Crippen LogP contribution in [0, 0.1) is 0 Å². The maximum atomic E-state index is 10.1. The largest absolute Gasteiger partial charge is 0.390 e. The van der Waals surface area contributed by atoms with Crippen LogP contribution >= 0.6 is 0 Å². The van der Waals surface area contributed by atoms with Gasteiger partial charge in [0, 0.05) is 6.42 Å². The summed E-state index contributed by atoms with van der Waals surface area (Å²) in [6.07, 6.45) is 1.60. The minimum Gasteiger partial charge on any atom is -0.390 e. The summed E-state index contributed by atoms with van der Waals surface area (Å²) in [5.41, 5.74) is 0.896. The zero-order valence-corrected chi connectivity index (χ0v) is 9.60. The summed E-state index contributed by atoms with van der Waals surface area (Å²) in [7, 11) is 0. The first-order valence-corrected chi connectivity index (χ1v) is 5.81. The summed E-state index contributed by atoms with van der Waals surface area (Å²) in [5.74, 6) is -1.01. The van der Waals surface area contributed by atoms with E-state index in [0.717, 1.165) is 5.56 Å². The molecule has 2 aliphatic rings. The second kappa shape index (κ2) is 4.46. The highest BCUT2D eigenvalue weighted by Crippen LogP contribution is 2.44. The van der Waals surface area contributed by atoms with E-state index >= 15 is 0 Å². The van der Waals surface area contributed by atoms with Crippen LogP contribution < -0.4 is 0 Å². The van der Waals surface area contributed by atoms with E-state index in [-0.39, 0.29) is 0 Å². The molecular weight excluding hydrogens is 236 g/mol. The summed E-state index contributed by atoms with van der Waals surface area (Å²) >= 11 is 0. The Morgan fingerprint density at radius 1 is 1.22 bits per heavy atom. The van der Waals surface area contributed by atoms with E-state index in [1.165, 1.54) is 0 Å². The third-order valence-corrected chi connectivity index (χ3v) is 3.22. The van der Waals surface area contributed by atoms with Gasteiger partial charge in [0.2, 0.25) is 6.29 Å². The van der Waals surface area contributed by atoms with Gasteiger partial charge in [-0.3, -0.25) is 0 Å². The molecule has 1 aromatic carbocycles. The van der Waals surface area contributed by atoms with Crippen molar-refractivity contribution in [3.63, 3.8) is 0 Å². The SMILES string of the molecule is OOC1C=CC2(C[C@H](O)[C@@H](c3ccccc3)O2)O1. The molecule has 0 radical (unpaired) electrons. The highest BCUT2D eigenvalue weighted by molar-refractivity contribution is 5.22. The van der Waals surface area contributed by atoms with Gasteiger partial charge in [0.05, 0.1) is 6.10 Å². The second-order valence-corrected chi connectivity index (χ2v) is 4.48. The molecule has 0 amide bonds. The fraction of sp³-hybridized carbons (Fsp3) is 0.385. The molecule has 1 saturated heterocycles. The number of rotatable bonds is 2. The Bertz CT molecular complexity index is 446. The molecule has 0 aromatic heterocycles. The van der Waals surface area contributed by atoms with E-state index in [1.807, 2.05) is 30.3 Å². The molecule has 5 nitrogen and oxygen atoms in total. The molecule has 5 heteroatoms. The van der Waals surface area contributed by atoms with Crippen molar-refractivity contribution in [2.75, 3.05) is 0 Å². The lowest BCUT2D eigenvalue weighted by Crippen LogP contribution is -2.29. The lowest BCUT2D eigenvalue weighted by Gasteiger charge is -2.23. The topological polar surface area (TPSA) is 68.2 Å². The van der Waals surface area contributed by atoms with Crippen LogP contribution in [-0.4, -0.2) is 28.5 Å². The smallest absolute Gasteiger partial charge is 0.213 e. The predicted octanol–water partition coefficient (Wildman–Crippen LogP) is 1.61. The minimum absolute atomic E-state index is 0.308. The normalized spacial score (nSPS) is 38.7. The first-order chi connectivity index (χ1) is 8.72. The number of aliphatic hydroxyl groups excluding tert-OH is 1. The first kappa shape index (κ1) is 11.8. The molecule has 1 fully saturated rings. The van der Waals surface area contributed by atoms with Crippen molar-refractivity contribution in [2.24, 2.45) is 0 Å². The van der Waals surface area contributed by atoms with Crippen molar-refractivity contribution in [3.05, 3.63) is 48.0 Å². The van der Waals surface area contributed by atoms with E-state index < -0.39 is 24.3 Å². The number of hydrogen-bond donors (Lipinski definition) is 2. The molecule has 1 spiro atoms. The third-order valence-electron chi connectivity index (χ3n) is 3.22. The Morgan fingerprint density at radius 2 is 2.00 bits per heavy atom. The standard InChI is InChI=1S/C13H14O5/c14-10-8-13(7-6-11(16-13)18-15)17-12(10)9-4-2-1-3-5-9/h1-7,10-12,14-15H,8H2/t10-,11?,12+,13?/m0/s1. The van der Waals surface area contributed by atoms with Crippen molar-refractivity contribution in [1.29, 1.82) is 0 Å². The van der Waals surface area contributed by atoms with Crippen LogP contribution in [-0.2, 0) is 14.4 Å². The van der Waals surface area contributed by atoms with Gasteiger partial charge in [0.1, 0.15) is 6.10 Å². The van der Waals surface area contributed by atoms with Gasteiger partial charge in [-0.2, -0.15) is 0 Å². The van der Waals surface area contributed by atoms with E-state index in [0.29, 0.717) is 6.42 Å². The Kier molecular flexibility index (Phi) is 2.93. The molecule has 3 rings (SSSR count). The Morgan fingerprint density at radius 3 is 2.67 bits per heavy atom. The molecule has 18 heavy (non-hydrogen) atoms. The van der Waals surface area contributed by atoms with Gasteiger partial charge >= 0.3 is 0 Å². The van der Waals surface area contributed by atoms with Crippen molar-refractivity contribution in [3.8, 4) is 0 Å². The van der Waals surface area contributed by atoms with E-state index in [2.05, 4.69) is 4.89 Å². The first-order valence-electron chi connectivity index (χ1n) is 5.81. The molecule has 1 aromatic rings. The average molecular weight is 250 g/mol. The highest BCUT2D eigenvalue weighted by atomic mass is 17.1. The molecule has 2 aliphatic heterocycles. The highest BCUT2D eigenvalue weighted by Gasteiger charge is 2.49. The van der Waals surface area contributed by atoms with Crippen molar-refractivity contribution < 1.29 is 24.7 Å². The van der Waals surface area contributed by atoms with Gasteiger partial charge in [-0.15, -0.1) is 0 Å². The molecule has 2 heterocycles. The molecular formula is C13H14O5. The summed E-state index contributed by atoms with van der Waals surface area (Å²) in [6.45, 7) is 0. The number of hydrogen-bond acceptors (Lipinski definition) is 5. The molecule has 2 unspecified atom stereocenters. The number of aliphatic hydroxyl groups is 1. The maximum Gasteiger partial charge on any atom is 0.213 e. The lowest BCUT2D eigenvalue weighted by molar-refractivity contribution is -0.362. The van der Waals surface area contributed by atoms with Gasteiger partial charge in [0.15, 0.2) is 5.79 Å². The zero-order chi connectivity index (χ0) is 12.6. The minimum atomic E-state index is -1.01. The predicted molar refractivity (Wildman–Crippen MR) is 61.3 cm³/mol. The van der Waals surface area contributed by atoms with Crippen LogP contribution in [0.3, 0.4) is 0 Å². The van der Waals surface area contributed by atoms with Crippen LogP contribution in [0.15, 0.2) is 42.5 Å². The van der Waals surface area contributed by atoms with Gasteiger partial charge < -0.3 is 14.6 Å². The third kappa shape index (κ3) is 1.96. The molecule has 0 aliphatic carbocycles. The van der Waals surface area contributed by atoms with Gasteiger partial charge in [0.25, 0.3) is 0 Å². The van der Waals surface area contributed by atoms with E-state index in [4.69, 9.17) is 14.7 Å². The molecule has 0 saturated carbocycles. The fourth-order valence-electron chi connectivity index (χ4n) is 2.41. The van der Waals surface area contributed by atoms with Crippen molar-refractivity contribution in [1.82, 2.24) is 0 Å². The summed E-state index contributed by atoms with van der Waals surface area (Å²) < 4.78 is 11.2. The van der Waals surface area contributed by atoms with Crippen LogP contribution in [0.5, 0.6) is 0 Å². The van der Waals surface area contributed by atoms with E-state index in [1.54, 1.807) is 12.2 Å². The van der Waals surface area contributed by atoms with Crippen molar-refractivity contribution in [2.45, 2.75) is 30.7 Å². The number of benzene rings is 1. The quantitative estimate of drug-likeness (QED) is 0.474. The van der Waals surface area contributed by atoms with Crippen LogP contribution in [0.2, 0.25) is 0 Å². The van der Waals surface area contributed by atoms with Gasteiger partial charge in [-0.05, 0) is 17.7 Å². The van der Waals surface area contributed by atoms with Gasteiger partial charge in [-0.1, -0.05) is 30.3 Å². The fourth-order valence-corrected chi connectivity index (χ4v) is 2.41. The average Bonchev–Trinajstić information content (AvgIpc) is 2.95. The molecule has 96 valence electrons. The molecule has 4 atom stereocenters. The Hall–Kier alpha value is -1.24.